The zero-order valence-electron chi connectivity index (χ0n) is 14.3. The van der Waals surface area contributed by atoms with Crippen molar-refractivity contribution in [3.63, 3.8) is 0 Å². The van der Waals surface area contributed by atoms with E-state index in [1.54, 1.807) is 29.2 Å². The Kier molecular flexibility index (Phi) is 6.41. The maximum absolute atomic E-state index is 12.8. The lowest BCUT2D eigenvalue weighted by Crippen LogP contribution is -2.51. The lowest BCUT2D eigenvalue weighted by molar-refractivity contribution is -0.134. The quantitative estimate of drug-likeness (QED) is 0.669. The van der Waals surface area contributed by atoms with Gasteiger partial charge in [-0.15, -0.1) is 0 Å². The Morgan fingerprint density at radius 2 is 1.74 bits per heavy atom. The van der Waals surface area contributed by atoms with Crippen LogP contribution in [0.5, 0.6) is 5.75 Å². The first kappa shape index (κ1) is 20.1. The summed E-state index contributed by atoms with van der Waals surface area (Å²) in [5.74, 6) is 0.453. The number of rotatable bonds is 5. The summed E-state index contributed by atoms with van der Waals surface area (Å²) in [4.78, 5) is 14.0. The van der Waals surface area contributed by atoms with Crippen molar-refractivity contribution in [3.8, 4) is 5.75 Å². The molecule has 0 aliphatic carbocycles. The van der Waals surface area contributed by atoms with Crippen molar-refractivity contribution in [2.45, 2.75) is 4.90 Å². The average Bonchev–Trinajstić information content (AvgIpc) is 2.66. The highest BCUT2D eigenvalue weighted by Crippen LogP contribution is 2.28. The van der Waals surface area contributed by atoms with Crippen LogP contribution in [0.2, 0.25) is 5.02 Å². The molecule has 1 fully saturated rings. The fraction of sp³-hybridized carbons (Fsp3) is 0.278. The number of piperazine rings is 1. The van der Waals surface area contributed by atoms with Crippen LogP contribution in [0, 0.1) is 0 Å². The molecule has 0 N–H and O–H groups in total. The van der Waals surface area contributed by atoms with Crippen LogP contribution in [0.1, 0.15) is 0 Å². The monoisotopic (exact) mass is 472 g/mol. The molecular weight excluding hydrogens is 456 g/mol. The first-order valence-corrected chi connectivity index (χ1v) is 10.9. The second kappa shape index (κ2) is 8.60. The molecule has 1 heterocycles. The largest absolute Gasteiger partial charge is 0.484 e. The Hall–Kier alpha value is -1.61. The van der Waals surface area contributed by atoms with Gasteiger partial charge < -0.3 is 9.64 Å². The lowest BCUT2D eigenvalue weighted by Gasteiger charge is -2.34. The number of halogens is 2. The molecule has 0 bridgehead atoms. The Morgan fingerprint density at radius 1 is 1.07 bits per heavy atom. The first-order valence-electron chi connectivity index (χ1n) is 8.29. The van der Waals surface area contributed by atoms with Gasteiger partial charge in [-0.2, -0.15) is 4.31 Å². The van der Waals surface area contributed by atoms with Crippen LogP contribution in [0.15, 0.2) is 57.9 Å². The molecule has 2 aromatic rings. The molecule has 0 unspecified atom stereocenters. The van der Waals surface area contributed by atoms with Crippen molar-refractivity contribution in [2.24, 2.45) is 0 Å². The Bertz CT molecular complexity index is 916. The van der Waals surface area contributed by atoms with Crippen LogP contribution in [0.25, 0.3) is 0 Å². The lowest BCUT2D eigenvalue weighted by atomic mass is 10.3. The molecule has 3 rings (SSSR count). The van der Waals surface area contributed by atoms with Gasteiger partial charge in [-0.3, -0.25) is 4.79 Å². The van der Waals surface area contributed by atoms with E-state index < -0.39 is 10.0 Å². The third-order valence-corrected chi connectivity index (χ3v) is 7.08. The zero-order chi connectivity index (χ0) is 19.4. The minimum absolute atomic E-state index is 0.0690. The van der Waals surface area contributed by atoms with E-state index in [1.165, 1.54) is 10.4 Å². The molecular formula is C18H18BrClN2O4S. The van der Waals surface area contributed by atoms with Gasteiger partial charge in [-0.25, -0.2) is 8.42 Å². The summed E-state index contributed by atoms with van der Waals surface area (Å²) in [6.07, 6.45) is 0. The molecule has 9 heteroatoms. The van der Waals surface area contributed by atoms with Gasteiger partial charge in [0.1, 0.15) is 10.6 Å². The number of para-hydroxylation sites is 1. The molecule has 1 amide bonds. The maximum Gasteiger partial charge on any atom is 0.260 e. The van der Waals surface area contributed by atoms with Crippen molar-refractivity contribution < 1.29 is 17.9 Å². The van der Waals surface area contributed by atoms with Gasteiger partial charge in [0, 0.05) is 30.7 Å². The number of amides is 1. The van der Waals surface area contributed by atoms with Crippen LogP contribution < -0.4 is 4.74 Å². The summed E-state index contributed by atoms with van der Waals surface area (Å²) in [6.45, 7) is 0.974. The number of nitrogens with zero attached hydrogens (tertiary/aromatic N) is 2. The summed E-state index contributed by atoms with van der Waals surface area (Å²) in [6, 6.07) is 13.8. The van der Waals surface area contributed by atoms with Crippen LogP contribution >= 0.6 is 27.5 Å². The third-order valence-electron chi connectivity index (χ3n) is 4.21. The summed E-state index contributed by atoms with van der Waals surface area (Å²) in [5, 5.41) is 0.166. The van der Waals surface area contributed by atoms with Gasteiger partial charge in [0.15, 0.2) is 6.61 Å². The van der Waals surface area contributed by atoms with Gasteiger partial charge in [-0.05, 0) is 30.3 Å². The van der Waals surface area contributed by atoms with Gasteiger partial charge in [0.25, 0.3) is 5.91 Å². The zero-order valence-corrected chi connectivity index (χ0v) is 17.5. The topological polar surface area (TPSA) is 66.9 Å². The van der Waals surface area contributed by atoms with E-state index in [1.807, 2.05) is 18.2 Å². The number of sulfonamides is 1. The van der Waals surface area contributed by atoms with E-state index in [4.69, 9.17) is 16.3 Å². The van der Waals surface area contributed by atoms with Gasteiger partial charge in [-0.1, -0.05) is 45.7 Å². The smallest absolute Gasteiger partial charge is 0.260 e. The number of ether oxygens (including phenoxy) is 1. The SMILES string of the molecule is O=C(COc1ccccc1)N1CCN(S(=O)(=O)c2ccc(Br)cc2Cl)CC1. The summed E-state index contributed by atoms with van der Waals surface area (Å²) >= 11 is 9.36. The number of benzene rings is 2. The van der Waals surface area contributed by atoms with E-state index in [-0.39, 0.29) is 35.5 Å². The molecule has 1 aliphatic rings. The molecule has 2 aromatic carbocycles. The standard InChI is InChI=1S/C18H18BrClN2O4S/c19-14-6-7-17(16(20)12-14)27(24,25)22-10-8-21(9-11-22)18(23)13-26-15-4-2-1-3-5-15/h1-7,12H,8-11,13H2. The molecule has 1 aliphatic heterocycles. The van der Waals surface area contributed by atoms with Crippen molar-refractivity contribution in [1.82, 2.24) is 9.21 Å². The molecule has 27 heavy (non-hydrogen) atoms. The minimum atomic E-state index is -3.70. The molecule has 0 saturated carbocycles. The van der Waals surface area contributed by atoms with E-state index in [9.17, 15) is 13.2 Å². The molecule has 0 radical (unpaired) electrons. The number of hydrogen-bond donors (Lipinski definition) is 0. The molecule has 144 valence electrons. The number of hydrogen-bond acceptors (Lipinski definition) is 4. The van der Waals surface area contributed by atoms with Crippen molar-refractivity contribution >= 4 is 43.5 Å². The van der Waals surface area contributed by atoms with Crippen LogP contribution in [0.4, 0.5) is 0 Å². The fourth-order valence-corrected chi connectivity index (χ4v) is 5.19. The van der Waals surface area contributed by atoms with E-state index in [0.29, 0.717) is 23.3 Å². The van der Waals surface area contributed by atoms with Gasteiger partial charge >= 0.3 is 0 Å². The highest BCUT2D eigenvalue weighted by atomic mass is 79.9. The van der Waals surface area contributed by atoms with Crippen molar-refractivity contribution in [3.05, 3.63) is 58.0 Å². The van der Waals surface area contributed by atoms with Crippen LogP contribution in [0.3, 0.4) is 0 Å². The van der Waals surface area contributed by atoms with Gasteiger partial charge in [0.05, 0.1) is 5.02 Å². The van der Waals surface area contributed by atoms with Crippen molar-refractivity contribution in [1.29, 1.82) is 0 Å². The maximum atomic E-state index is 12.8. The minimum Gasteiger partial charge on any atom is -0.484 e. The number of carbonyl (C=O) groups is 1. The van der Waals surface area contributed by atoms with Crippen LogP contribution in [-0.2, 0) is 14.8 Å². The molecule has 0 aromatic heterocycles. The predicted octanol–water partition coefficient (Wildman–Crippen LogP) is 3.01. The van der Waals surface area contributed by atoms with Gasteiger partial charge in [0.2, 0.25) is 10.0 Å². The molecule has 0 atom stereocenters. The van der Waals surface area contributed by atoms with Crippen molar-refractivity contribution in [2.75, 3.05) is 32.8 Å². The third kappa shape index (κ3) is 4.82. The highest BCUT2D eigenvalue weighted by molar-refractivity contribution is 9.10. The summed E-state index contributed by atoms with van der Waals surface area (Å²) < 4.78 is 33.1. The fourth-order valence-electron chi connectivity index (χ4n) is 2.75. The molecule has 1 saturated heterocycles. The van der Waals surface area contributed by atoms with E-state index >= 15 is 0 Å². The van der Waals surface area contributed by atoms with E-state index in [2.05, 4.69) is 15.9 Å². The molecule has 6 nitrogen and oxygen atoms in total. The summed E-state index contributed by atoms with van der Waals surface area (Å²) in [7, 11) is -3.70. The Labute approximate surface area is 171 Å². The molecule has 0 spiro atoms. The Morgan fingerprint density at radius 3 is 2.37 bits per heavy atom. The van der Waals surface area contributed by atoms with Crippen LogP contribution in [-0.4, -0.2) is 56.3 Å². The van der Waals surface area contributed by atoms with E-state index in [0.717, 1.165) is 0 Å². The number of carbonyl (C=O) groups excluding carboxylic acids is 1. The normalized spacial score (nSPS) is 15.6. The first-order chi connectivity index (χ1) is 12.9. The Balaban J connectivity index is 1.58. The predicted molar refractivity (Wildman–Crippen MR) is 106 cm³/mol. The second-order valence-corrected chi connectivity index (χ2v) is 9.19. The highest BCUT2D eigenvalue weighted by Gasteiger charge is 2.31. The second-order valence-electron chi connectivity index (χ2n) is 5.96. The summed E-state index contributed by atoms with van der Waals surface area (Å²) in [5.41, 5.74) is 0. The average molecular weight is 474 g/mol.